The number of aromatic nitrogens is 2. The van der Waals surface area contributed by atoms with Crippen LogP contribution in [0.25, 0.3) is 5.69 Å². The Morgan fingerprint density at radius 1 is 1.32 bits per heavy atom. The lowest BCUT2D eigenvalue weighted by atomic mass is 10.2. The van der Waals surface area contributed by atoms with Crippen LogP contribution in [0.2, 0.25) is 0 Å². The predicted molar refractivity (Wildman–Crippen MR) is 65.9 cm³/mol. The molecule has 0 N–H and O–H groups in total. The van der Waals surface area contributed by atoms with Crippen LogP contribution in [0.4, 0.5) is 4.39 Å². The quantitative estimate of drug-likeness (QED) is 0.769. The fourth-order valence-corrected chi connectivity index (χ4v) is 1.61. The second-order valence-electron chi connectivity index (χ2n) is 3.89. The molecular weight excluding hydrogens is 251 g/mol. The highest BCUT2D eigenvalue weighted by atomic mass is 19.1. The molecule has 0 aliphatic carbocycles. The highest BCUT2D eigenvalue weighted by Gasteiger charge is 2.14. The Balaban J connectivity index is 2.60. The van der Waals surface area contributed by atoms with Crippen LogP contribution < -0.4 is 5.56 Å². The molecule has 1 heterocycles. The third-order valence-corrected chi connectivity index (χ3v) is 2.57. The number of nitrogens with zero attached hydrogens (tertiary/aromatic N) is 2. The zero-order valence-corrected chi connectivity index (χ0v) is 10.4. The monoisotopic (exact) mass is 262 g/mol. The molecule has 1 aromatic heterocycles. The standard InChI is InChI=1S/C13H11FN2O3/c1-8-7-11(17)16(15-12(8)13(18)19-2)10-5-3-9(14)4-6-10/h3-7H,1-2H3. The van der Waals surface area contributed by atoms with Crippen LogP contribution in [0.3, 0.4) is 0 Å². The highest BCUT2D eigenvalue weighted by Crippen LogP contribution is 2.08. The van der Waals surface area contributed by atoms with Gasteiger partial charge in [0, 0.05) is 6.07 Å². The molecule has 0 radical (unpaired) electrons. The molecule has 19 heavy (non-hydrogen) atoms. The molecule has 98 valence electrons. The van der Waals surface area contributed by atoms with Crippen LogP contribution in [0, 0.1) is 12.7 Å². The van der Waals surface area contributed by atoms with E-state index in [-0.39, 0.29) is 5.69 Å². The van der Waals surface area contributed by atoms with Gasteiger partial charge in [0.1, 0.15) is 5.82 Å². The fourth-order valence-electron chi connectivity index (χ4n) is 1.61. The summed E-state index contributed by atoms with van der Waals surface area (Å²) in [7, 11) is 1.23. The maximum atomic E-state index is 12.8. The van der Waals surface area contributed by atoms with E-state index in [1.807, 2.05) is 0 Å². The summed E-state index contributed by atoms with van der Waals surface area (Å²) >= 11 is 0. The summed E-state index contributed by atoms with van der Waals surface area (Å²) in [5, 5.41) is 3.95. The molecule has 2 rings (SSSR count). The number of methoxy groups -OCH3 is 1. The molecule has 0 unspecified atom stereocenters. The van der Waals surface area contributed by atoms with Crippen molar-refractivity contribution in [3.63, 3.8) is 0 Å². The van der Waals surface area contributed by atoms with Crippen molar-refractivity contribution in [2.45, 2.75) is 6.92 Å². The molecule has 0 atom stereocenters. The number of carbonyl (C=O) groups excluding carboxylic acids is 1. The van der Waals surface area contributed by atoms with Gasteiger partial charge in [-0.05, 0) is 36.8 Å². The molecule has 6 heteroatoms. The second kappa shape index (κ2) is 5.01. The van der Waals surface area contributed by atoms with E-state index < -0.39 is 17.3 Å². The van der Waals surface area contributed by atoms with Gasteiger partial charge in [0.15, 0.2) is 5.69 Å². The lowest BCUT2D eigenvalue weighted by molar-refractivity contribution is 0.0590. The first kappa shape index (κ1) is 12.9. The van der Waals surface area contributed by atoms with Gasteiger partial charge in [0.2, 0.25) is 0 Å². The maximum Gasteiger partial charge on any atom is 0.358 e. The van der Waals surface area contributed by atoms with Gasteiger partial charge >= 0.3 is 5.97 Å². The van der Waals surface area contributed by atoms with Crippen LogP contribution in [-0.4, -0.2) is 22.9 Å². The molecule has 0 amide bonds. The van der Waals surface area contributed by atoms with Crippen LogP contribution >= 0.6 is 0 Å². The Morgan fingerprint density at radius 2 is 1.95 bits per heavy atom. The molecule has 0 aliphatic heterocycles. The molecule has 0 aliphatic rings. The van der Waals surface area contributed by atoms with Crippen LogP contribution in [0.15, 0.2) is 35.1 Å². The van der Waals surface area contributed by atoms with Crippen molar-refractivity contribution >= 4 is 5.97 Å². The molecule has 2 aromatic rings. The molecule has 0 spiro atoms. The average Bonchev–Trinajstić information content (AvgIpc) is 2.39. The largest absolute Gasteiger partial charge is 0.464 e. The van der Waals surface area contributed by atoms with Gasteiger partial charge in [0.05, 0.1) is 12.8 Å². The van der Waals surface area contributed by atoms with E-state index in [2.05, 4.69) is 9.84 Å². The van der Waals surface area contributed by atoms with Gasteiger partial charge in [0.25, 0.3) is 5.56 Å². The summed E-state index contributed by atoms with van der Waals surface area (Å²) in [5.74, 6) is -1.05. The van der Waals surface area contributed by atoms with Gasteiger partial charge in [-0.2, -0.15) is 9.78 Å². The van der Waals surface area contributed by atoms with Gasteiger partial charge in [-0.15, -0.1) is 0 Å². The normalized spacial score (nSPS) is 10.3. The number of rotatable bonds is 2. The lowest BCUT2D eigenvalue weighted by Gasteiger charge is -2.08. The summed E-state index contributed by atoms with van der Waals surface area (Å²) in [6.07, 6.45) is 0. The smallest absolute Gasteiger partial charge is 0.358 e. The Bertz CT molecular complexity index is 677. The number of carbonyl (C=O) groups is 1. The van der Waals surface area contributed by atoms with Gasteiger partial charge in [-0.1, -0.05) is 0 Å². The van der Waals surface area contributed by atoms with Crippen molar-refractivity contribution in [1.29, 1.82) is 0 Å². The number of ether oxygens (including phenoxy) is 1. The first-order chi connectivity index (χ1) is 9.02. The Hall–Kier alpha value is -2.50. The maximum absolute atomic E-state index is 12.8. The molecular formula is C13H11FN2O3. The molecule has 0 saturated heterocycles. The number of hydrogen-bond acceptors (Lipinski definition) is 4. The SMILES string of the molecule is COC(=O)c1nn(-c2ccc(F)cc2)c(=O)cc1C. The van der Waals surface area contributed by atoms with E-state index in [1.165, 1.54) is 37.4 Å². The summed E-state index contributed by atoms with van der Waals surface area (Å²) in [6, 6.07) is 6.51. The van der Waals surface area contributed by atoms with Crippen molar-refractivity contribution < 1.29 is 13.9 Å². The van der Waals surface area contributed by atoms with Gasteiger partial charge in [-0.25, -0.2) is 9.18 Å². The van der Waals surface area contributed by atoms with E-state index in [1.54, 1.807) is 6.92 Å². The van der Waals surface area contributed by atoms with Gasteiger partial charge < -0.3 is 4.74 Å². The zero-order chi connectivity index (χ0) is 14.0. The van der Waals surface area contributed by atoms with Crippen molar-refractivity contribution in [2.75, 3.05) is 7.11 Å². The van der Waals surface area contributed by atoms with Crippen LogP contribution in [-0.2, 0) is 4.74 Å². The third kappa shape index (κ3) is 2.52. The Labute approximate surface area is 108 Å². The number of esters is 1. The number of benzene rings is 1. The second-order valence-corrected chi connectivity index (χ2v) is 3.89. The van der Waals surface area contributed by atoms with E-state index in [0.29, 0.717) is 11.3 Å². The van der Waals surface area contributed by atoms with E-state index in [4.69, 9.17) is 0 Å². The minimum Gasteiger partial charge on any atom is -0.464 e. The van der Waals surface area contributed by atoms with Crippen molar-refractivity contribution in [3.8, 4) is 5.69 Å². The highest BCUT2D eigenvalue weighted by molar-refractivity contribution is 5.88. The predicted octanol–water partition coefficient (Wildman–Crippen LogP) is 1.47. The molecule has 5 nitrogen and oxygen atoms in total. The molecule has 0 bridgehead atoms. The van der Waals surface area contributed by atoms with Crippen LogP contribution in [0.1, 0.15) is 16.1 Å². The van der Waals surface area contributed by atoms with E-state index in [0.717, 1.165) is 4.68 Å². The van der Waals surface area contributed by atoms with E-state index >= 15 is 0 Å². The van der Waals surface area contributed by atoms with Crippen molar-refractivity contribution in [2.24, 2.45) is 0 Å². The first-order valence-electron chi connectivity index (χ1n) is 5.48. The molecule has 0 saturated carbocycles. The van der Waals surface area contributed by atoms with Crippen molar-refractivity contribution in [1.82, 2.24) is 9.78 Å². The van der Waals surface area contributed by atoms with Crippen molar-refractivity contribution in [3.05, 3.63) is 57.8 Å². The number of halogens is 1. The summed E-state index contributed by atoms with van der Waals surface area (Å²) in [6.45, 7) is 1.59. The number of hydrogen-bond donors (Lipinski definition) is 0. The third-order valence-electron chi connectivity index (χ3n) is 2.57. The van der Waals surface area contributed by atoms with Gasteiger partial charge in [-0.3, -0.25) is 4.79 Å². The van der Waals surface area contributed by atoms with Crippen LogP contribution in [0.5, 0.6) is 0 Å². The molecule has 0 fully saturated rings. The topological polar surface area (TPSA) is 61.2 Å². The van der Waals surface area contributed by atoms with E-state index in [9.17, 15) is 14.0 Å². The number of aryl methyl sites for hydroxylation is 1. The first-order valence-corrected chi connectivity index (χ1v) is 5.48. The summed E-state index contributed by atoms with van der Waals surface area (Å²) < 4.78 is 18.5. The zero-order valence-electron chi connectivity index (χ0n) is 10.4. The average molecular weight is 262 g/mol. The summed E-state index contributed by atoms with van der Waals surface area (Å²) in [4.78, 5) is 23.4. The fraction of sp³-hybridized carbons (Fsp3) is 0.154. The lowest BCUT2D eigenvalue weighted by Crippen LogP contribution is -2.24. The molecule has 1 aromatic carbocycles. The minimum atomic E-state index is -0.631. The summed E-state index contributed by atoms with van der Waals surface area (Å²) in [5.41, 5.74) is 0.440. The Kier molecular flexibility index (Phi) is 3.41. The minimum absolute atomic E-state index is 0.0476. The Morgan fingerprint density at radius 3 is 2.53 bits per heavy atom.